The summed E-state index contributed by atoms with van der Waals surface area (Å²) in [6, 6.07) is 8.37. The van der Waals surface area contributed by atoms with Crippen LogP contribution in [0.25, 0.3) is 0 Å². The van der Waals surface area contributed by atoms with Gasteiger partial charge in [0.2, 0.25) is 0 Å². The van der Waals surface area contributed by atoms with Gasteiger partial charge in [-0.1, -0.05) is 11.6 Å². The first-order valence-electron chi connectivity index (χ1n) is 9.37. The minimum absolute atomic E-state index is 0.0503. The molecule has 0 saturated heterocycles. The lowest BCUT2D eigenvalue weighted by molar-refractivity contribution is 0.100. The van der Waals surface area contributed by atoms with E-state index in [0.717, 1.165) is 4.68 Å². The van der Waals surface area contributed by atoms with Crippen LogP contribution in [0.3, 0.4) is 0 Å². The topological polar surface area (TPSA) is 74.0 Å². The summed E-state index contributed by atoms with van der Waals surface area (Å²) in [7, 11) is 0. The van der Waals surface area contributed by atoms with Crippen LogP contribution >= 0.6 is 11.6 Å². The molecule has 0 aliphatic rings. The molecular weight excluding hydrogens is 466 g/mol. The Kier molecular flexibility index (Phi) is 6.31. The van der Waals surface area contributed by atoms with Gasteiger partial charge in [0.15, 0.2) is 24.2 Å². The number of anilines is 1. The zero-order valence-electron chi connectivity index (χ0n) is 16.6. The van der Waals surface area contributed by atoms with Gasteiger partial charge in [0.05, 0.1) is 18.4 Å². The number of ether oxygens (including phenoxy) is 1. The maximum Gasteiger partial charge on any atom is 0.274 e. The second-order valence-electron chi connectivity index (χ2n) is 6.77. The SMILES string of the molecule is O=C(Nc1cnn(Cc2c(F)cc(F)c(F)c2F)c1)c1ccnn1COc1ccc(Cl)cc1. The van der Waals surface area contributed by atoms with Crippen LogP contribution in [0.4, 0.5) is 23.2 Å². The molecule has 1 N–H and O–H groups in total. The fourth-order valence-electron chi connectivity index (χ4n) is 2.92. The van der Waals surface area contributed by atoms with E-state index in [4.69, 9.17) is 16.3 Å². The summed E-state index contributed by atoms with van der Waals surface area (Å²) in [5.74, 6) is -6.31. The van der Waals surface area contributed by atoms with Crippen LogP contribution in [-0.4, -0.2) is 25.5 Å². The fourth-order valence-corrected chi connectivity index (χ4v) is 3.04. The second-order valence-corrected chi connectivity index (χ2v) is 7.21. The monoisotopic (exact) mass is 479 g/mol. The number of halogens is 5. The van der Waals surface area contributed by atoms with E-state index >= 15 is 0 Å². The summed E-state index contributed by atoms with van der Waals surface area (Å²) in [5, 5.41) is 11.0. The summed E-state index contributed by atoms with van der Waals surface area (Å²) in [6.45, 7) is -0.567. The van der Waals surface area contributed by atoms with E-state index in [2.05, 4.69) is 15.5 Å². The van der Waals surface area contributed by atoms with Gasteiger partial charge in [-0.3, -0.25) is 9.48 Å². The summed E-state index contributed by atoms with van der Waals surface area (Å²) in [6.07, 6.45) is 3.93. The molecule has 0 bridgehead atoms. The molecule has 4 rings (SSSR count). The molecule has 7 nitrogen and oxygen atoms in total. The highest BCUT2D eigenvalue weighted by molar-refractivity contribution is 6.30. The Labute approximate surface area is 189 Å². The van der Waals surface area contributed by atoms with Crippen molar-refractivity contribution in [2.75, 3.05) is 5.32 Å². The van der Waals surface area contributed by atoms with Gasteiger partial charge in [0.1, 0.15) is 17.3 Å². The highest BCUT2D eigenvalue weighted by Gasteiger charge is 2.20. The summed E-state index contributed by atoms with van der Waals surface area (Å²) in [4.78, 5) is 12.6. The predicted molar refractivity (Wildman–Crippen MR) is 110 cm³/mol. The number of aromatic nitrogens is 4. The van der Waals surface area contributed by atoms with Crippen molar-refractivity contribution in [1.82, 2.24) is 19.6 Å². The molecule has 2 heterocycles. The lowest BCUT2D eigenvalue weighted by atomic mass is 10.2. The minimum atomic E-state index is -1.78. The number of rotatable bonds is 7. The van der Waals surface area contributed by atoms with E-state index in [9.17, 15) is 22.4 Å². The molecule has 0 saturated carbocycles. The Morgan fingerprint density at radius 3 is 2.55 bits per heavy atom. The predicted octanol–water partition coefficient (Wildman–Crippen LogP) is 4.63. The third-order valence-electron chi connectivity index (χ3n) is 4.54. The van der Waals surface area contributed by atoms with Gasteiger partial charge in [0, 0.05) is 29.0 Å². The molecular formula is C21H14ClF4N5O2. The van der Waals surface area contributed by atoms with Gasteiger partial charge in [-0.2, -0.15) is 10.2 Å². The molecule has 0 unspecified atom stereocenters. The van der Waals surface area contributed by atoms with Crippen LogP contribution in [-0.2, 0) is 13.3 Å². The van der Waals surface area contributed by atoms with E-state index in [1.165, 1.54) is 29.3 Å². The van der Waals surface area contributed by atoms with Crippen molar-refractivity contribution in [3.05, 3.63) is 94.5 Å². The fraction of sp³-hybridized carbons (Fsp3) is 0.0952. The van der Waals surface area contributed by atoms with E-state index in [1.54, 1.807) is 24.3 Å². The largest absolute Gasteiger partial charge is 0.471 e. The van der Waals surface area contributed by atoms with Crippen LogP contribution in [0.1, 0.15) is 16.1 Å². The first-order chi connectivity index (χ1) is 15.8. The molecule has 1 amide bonds. The Bertz CT molecular complexity index is 1310. The van der Waals surface area contributed by atoms with E-state index < -0.39 is 41.3 Å². The van der Waals surface area contributed by atoms with E-state index in [-0.39, 0.29) is 24.2 Å². The average molecular weight is 480 g/mol. The number of benzene rings is 2. The van der Waals surface area contributed by atoms with Crippen molar-refractivity contribution in [3.63, 3.8) is 0 Å². The maximum absolute atomic E-state index is 13.9. The number of hydrogen-bond donors (Lipinski definition) is 1. The molecule has 33 heavy (non-hydrogen) atoms. The Balaban J connectivity index is 1.42. The van der Waals surface area contributed by atoms with Gasteiger partial charge in [-0.25, -0.2) is 22.2 Å². The van der Waals surface area contributed by atoms with E-state index in [0.29, 0.717) is 10.8 Å². The third kappa shape index (κ3) is 4.98. The Morgan fingerprint density at radius 2 is 1.79 bits per heavy atom. The molecule has 0 radical (unpaired) electrons. The van der Waals surface area contributed by atoms with Crippen molar-refractivity contribution in [1.29, 1.82) is 0 Å². The highest BCUT2D eigenvalue weighted by atomic mass is 35.5. The molecule has 12 heteroatoms. The zero-order chi connectivity index (χ0) is 23.5. The van der Waals surface area contributed by atoms with Crippen LogP contribution in [0.2, 0.25) is 5.02 Å². The van der Waals surface area contributed by atoms with Crippen LogP contribution in [0.5, 0.6) is 5.75 Å². The second kappa shape index (κ2) is 9.33. The lowest BCUT2D eigenvalue weighted by Gasteiger charge is -2.09. The lowest BCUT2D eigenvalue weighted by Crippen LogP contribution is -2.19. The summed E-state index contributed by atoms with van der Waals surface area (Å²) >= 11 is 5.83. The summed E-state index contributed by atoms with van der Waals surface area (Å²) < 4.78 is 62.2. The number of nitrogens with one attached hydrogen (secondary N) is 1. The first kappa shape index (κ1) is 22.3. The molecule has 0 spiro atoms. The highest BCUT2D eigenvalue weighted by Crippen LogP contribution is 2.21. The van der Waals surface area contributed by atoms with Crippen molar-refractivity contribution >= 4 is 23.2 Å². The Hall–Kier alpha value is -3.86. The third-order valence-corrected chi connectivity index (χ3v) is 4.79. The summed E-state index contributed by atoms with van der Waals surface area (Å²) in [5.41, 5.74) is -0.323. The number of amides is 1. The van der Waals surface area contributed by atoms with Crippen LogP contribution in [0.15, 0.2) is 55.0 Å². The molecule has 0 fully saturated rings. The first-order valence-corrected chi connectivity index (χ1v) is 9.75. The Morgan fingerprint density at radius 1 is 1.03 bits per heavy atom. The van der Waals surface area contributed by atoms with Crippen molar-refractivity contribution in [3.8, 4) is 5.75 Å². The number of hydrogen-bond acceptors (Lipinski definition) is 4. The molecule has 0 atom stereocenters. The van der Waals surface area contributed by atoms with Crippen molar-refractivity contribution < 1.29 is 27.1 Å². The van der Waals surface area contributed by atoms with Crippen LogP contribution in [0, 0.1) is 23.3 Å². The molecule has 2 aromatic carbocycles. The smallest absolute Gasteiger partial charge is 0.274 e. The van der Waals surface area contributed by atoms with Gasteiger partial charge < -0.3 is 10.1 Å². The van der Waals surface area contributed by atoms with Crippen molar-refractivity contribution in [2.24, 2.45) is 0 Å². The molecule has 2 aromatic heterocycles. The van der Waals surface area contributed by atoms with Gasteiger partial charge in [-0.05, 0) is 30.3 Å². The van der Waals surface area contributed by atoms with E-state index in [1.807, 2.05) is 0 Å². The number of carbonyl (C=O) groups is 1. The zero-order valence-corrected chi connectivity index (χ0v) is 17.4. The maximum atomic E-state index is 13.9. The number of carbonyl (C=O) groups excluding carboxylic acids is 1. The van der Waals surface area contributed by atoms with Gasteiger partial charge in [-0.15, -0.1) is 0 Å². The quantitative estimate of drug-likeness (QED) is 0.238. The standard InChI is InChI=1S/C21H14ClF4N5O2/c22-12-1-3-14(4-2-12)33-11-31-18(5-6-27-31)21(32)29-13-8-28-30(9-13)10-15-16(23)7-17(24)20(26)19(15)25/h1-9H,10-11H2,(H,29,32). The molecule has 170 valence electrons. The van der Waals surface area contributed by atoms with Gasteiger partial charge in [0.25, 0.3) is 5.91 Å². The average Bonchev–Trinajstić information content (AvgIpc) is 3.44. The molecule has 0 aliphatic carbocycles. The number of nitrogens with zero attached hydrogens (tertiary/aromatic N) is 4. The minimum Gasteiger partial charge on any atom is -0.471 e. The van der Waals surface area contributed by atoms with Crippen molar-refractivity contribution in [2.45, 2.75) is 13.3 Å². The molecule has 4 aromatic rings. The molecule has 0 aliphatic heterocycles. The normalized spacial score (nSPS) is 10.9. The van der Waals surface area contributed by atoms with Crippen LogP contribution < -0.4 is 10.1 Å². The van der Waals surface area contributed by atoms with Gasteiger partial charge >= 0.3 is 0 Å².